The highest BCUT2D eigenvalue weighted by Gasteiger charge is 2.42. The van der Waals surface area contributed by atoms with Crippen LogP contribution in [0, 0.1) is 0 Å². The molecule has 2 unspecified atom stereocenters. The minimum Gasteiger partial charge on any atom is -0.480 e. The van der Waals surface area contributed by atoms with Gasteiger partial charge in [0.2, 0.25) is 5.91 Å². The Morgan fingerprint density at radius 3 is 2.46 bits per heavy atom. The Morgan fingerprint density at radius 1 is 1.62 bits per heavy atom. The highest BCUT2D eigenvalue weighted by molar-refractivity contribution is 6.07. The van der Waals surface area contributed by atoms with Crippen LogP contribution >= 0.6 is 0 Å². The number of carbonyl (C=O) groups is 3. The van der Waals surface area contributed by atoms with Crippen LogP contribution < -0.4 is 0 Å². The van der Waals surface area contributed by atoms with Crippen molar-refractivity contribution < 1.29 is 24.6 Å². The lowest BCUT2D eigenvalue weighted by Crippen LogP contribution is -2.43. The van der Waals surface area contributed by atoms with Crippen LogP contribution in [0.5, 0.6) is 0 Å². The summed E-state index contributed by atoms with van der Waals surface area (Å²) in [6.45, 7) is 1.22. The van der Waals surface area contributed by atoms with E-state index in [1.807, 2.05) is 0 Å². The molecule has 1 heterocycles. The molecule has 6 heteroatoms. The smallest absolute Gasteiger partial charge is 0.326 e. The molecule has 0 spiro atoms. The minimum absolute atomic E-state index is 0.323. The van der Waals surface area contributed by atoms with Crippen molar-refractivity contribution in [1.82, 2.24) is 4.90 Å². The van der Waals surface area contributed by atoms with Gasteiger partial charge in [-0.25, -0.2) is 4.79 Å². The standard InChI is InChI=1S/C7H9NO5/c1-3(7(12)13)8-5(10)2-4(9)6(8)11/h3-4,9H,2H2,1H3,(H,12,13). The molecule has 0 saturated carbocycles. The van der Waals surface area contributed by atoms with Crippen LogP contribution in [0.3, 0.4) is 0 Å². The Hall–Kier alpha value is -1.43. The summed E-state index contributed by atoms with van der Waals surface area (Å²) < 4.78 is 0. The fraction of sp³-hybridized carbons (Fsp3) is 0.571. The van der Waals surface area contributed by atoms with E-state index < -0.39 is 29.9 Å². The number of aliphatic hydroxyl groups is 1. The molecule has 13 heavy (non-hydrogen) atoms. The first-order valence-corrected chi connectivity index (χ1v) is 3.72. The van der Waals surface area contributed by atoms with Crippen LogP contribution in [-0.4, -0.2) is 45.0 Å². The molecule has 0 aliphatic carbocycles. The van der Waals surface area contributed by atoms with Gasteiger partial charge in [0.25, 0.3) is 5.91 Å². The van der Waals surface area contributed by atoms with E-state index >= 15 is 0 Å². The maximum atomic E-state index is 11.1. The van der Waals surface area contributed by atoms with Gasteiger partial charge in [0, 0.05) is 0 Å². The molecule has 1 aliphatic rings. The zero-order valence-corrected chi connectivity index (χ0v) is 6.93. The van der Waals surface area contributed by atoms with Crippen molar-refractivity contribution in [1.29, 1.82) is 0 Å². The van der Waals surface area contributed by atoms with E-state index in [1.54, 1.807) is 0 Å². The minimum atomic E-state index is -1.38. The summed E-state index contributed by atoms with van der Waals surface area (Å²) in [5.74, 6) is -2.75. The number of aliphatic carboxylic acids is 1. The fourth-order valence-corrected chi connectivity index (χ4v) is 1.15. The van der Waals surface area contributed by atoms with E-state index in [-0.39, 0.29) is 6.42 Å². The zero-order chi connectivity index (χ0) is 10.2. The number of carbonyl (C=O) groups excluding carboxylic acids is 2. The Labute approximate surface area is 73.8 Å². The number of hydrogen-bond donors (Lipinski definition) is 2. The second kappa shape index (κ2) is 3.14. The van der Waals surface area contributed by atoms with Gasteiger partial charge < -0.3 is 10.2 Å². The largest absolute Gasteiger partial charge is 0.480 e. The van der Waals surface area contributed by atoms with Gasteiger partial charge in [-0.05, 0) is 6.92 Å². The van der Waals surface area contributed by atoms with Gasteiger partial charge in [-0.3, -0.25) is 14.5 Å². The molecule has 2 atom stereocenters. The van der Waals surface area contributed by atoms with Gasteiger partial charge >= 0.3 is 5.97 Å². The first-order valence-electron chi connectivity index (χ1n) is 3.72. The lowest BCUT2D eigenvalue weighted by Gasteiger charge is -2.17. The van der Waals surface area contributed by atoms with Crippen LogP contribution in [0.15, 0.2) is 0 Å². The third-order valence-corrected chi connectivity index (χ3v) is 1.90. The molecule has 1 rings (SSSR count). The second-order valence-corrected chi connectivity index (χ2v) is 2.84. The zero-order valence-electron chi connectivity index (χ0n) is 6.93. The molecule has 1 fully saturated rings. The van der Waals surface area contributed by atoms with Crippen molar-refractivity contribution in [2.75, 3.05) is 0 Å². The Morgan fingerprint density at radius 2 is 2.15 bits per heavy atom. The summed E-state index contributed by atoms with van der Waals surface area (Å²) >= 11 is 0. The number of carboxylic acids is 1. The predicted octanol–water partition coefficient (Wildman–Crippen LogP) is -1.42. The van der Waals surface area contributed by atoms with Crippen LogP contribution in [-0.2, 0) is 14.4 Å². The number of carboxylic acid groups (broad SMARTS) is 1. The van der Waals surface area contributed by atoms with Gasteiger partial charge in [0.1, 0.15) is 12.1 Å². The maximum absolute atomic E-state index is 11.1. The molecule has 1 saturated heterocycles. The molecular formula is C7H9NO5. The number of aliphatic hydroxyl groups excluding tert-OH is 1. The summed E-state index contributed by atoms with van der Waals surface area (Å²) in [6, 6.07) is -1.21. The van der Waals surface area contributed by atoms with Gasteiger partial charge in [-0.1, -0.05) is 0 Å². The Balaban J connectivity index is 2.86. The van der Waals surface area contributed by atoms with Crippen molar-refractivity contribution in [3.8, 4) is 0 Å². The number of likely N-dealkylation sites (tertiary alicyclic amines) is 1. The van der Waals surface area contributed by atoms with Crippen molar-refractivity contribution in [3.05, 3.63) is 0 Å². The van der Waals surface area contributed by atoms with Crippen LogP contribution in [0.2, 0.25) is 0 Å². The van der Waals surface area contributed by atoms with Crippen molar-refractivity contribution in [2.24, 2.45) is 0 Å². The van der Waals surface area contributed by atoms with Gasteiger partial charge in [0.05, 0.1) is 6.42 Å². The number of imide groups is 1. The fourth-order valence-electron chi connectivity index (χ4n) is 1.15. The van der Waals surface area contributed by atoms with E-state index in [0.29, 0.717) is 4.90 Å². The molecular weight excluding hydrogens is 178 g/mol. The van der Waals surface area contributed by atoms with Crippen molar-refractivity contribution in [2.45, 2.75) is 25.5 Å². The topological polar surface area (TPSA) is 94.9 Å². The number of rotatable bonds is 2. The third kappa shape index (κ3) is 1.52. The Bertz CT molecular complexity index is 274. The van der Waals surface area contributed by atoms with Crippen LogP contribution in [0.4, 0.5) is 0 Å². The lowest BCUT2D eigenvalue weighted by molar-refractivity contribution is -0.154. The average Bonchev–Trinajstić information content (AvgIpc) is 2.26. The monoisotopic (exact) mass is 187 g/mol. The summed E-state index contributed by atoms with van der Waals surface area (Å²) in [4.78, 5) is 33.1. The third-order valence-electron chi connectivity index (χ3n) is 1.90. The summed E-state index contributed by atoms with van der Waals surface area (Å²) in [5.41, 5.74) is 0. The summed E-state index contributed by atoms with van der Waals surface area (Å²) in [6.07, 6.45) is -1.70. The van der Waals surface area contributed by atoms with Crippen molar-refractivity contribution >= 4 is 17.8 Å². The predicted molar refractivity (Wildman–Crippen MR) is 39.6 cm³/mol. The van der Waals surface area contributed by atoms with E-state index in [4.69, 9.17) is 10.2 Å². The van der Waals surface area contributed by atoms with E-state index in [2.05, 4.69) is 0 Å². The molecule has 0 aromatic heterocycles. The summed E-state index contributed by atoms with van der Waals surface area (Å²) in [5, 5.41) is 17.5. The van der Waals surface area contributed by atoms with E-state index in [9.17, 15) is 14.4 Å². The molecule has 6 nitrogen and oxygen atoms in total. The summed E-state index contributed by atoms with van der Waals surface area (Å²) in [7, 11) is 0. The second-order valence-electron chi connectivity index (χ2n) is 2.84. The molecule has 0 radical (unpaired) electrons. The van der Waals surface area contributed by atoms with E-state index in [0.717, 1.165) is 0 Å². The lowest BCUT2D eigenvalue weighted by atomic mass is 10.3. The highest BCUT2D eigenvalue weighted by atomic mass is 16.4. The molecule has 2 amide bonds. The normalized spacial score (nSPS) is 25.1. The molecule has 1 aliphatic heterocycles. The number of nitrogens with zero attached hydrogens (tertiary/aromatic N) is 1. The molecule has 0 aromatic carbocycles. The maximum Gasteiger partial charge on any atom is 0.326 e. The first kappa shape index (κ1) is 9.66. The highest BCUT2D eigenvalue weighted by Crippen LogP contribution is 2.15. The SMILES string of the molecule is CC(C(=O)O)N1C(=O)CC(O)C1=O. The Kier molecular flexibility index (Phi) is 2.33. The van der Waals surface area contributed by atoms with Gasteiger partial charge in [-0.15, -0.1) is 0 Å². The first-order chi connectivity index (χ1) is 5.95. The van der Waals surface area contributed by atoms with Gasteiger partial charge in [0.15, 0.2) is 0 Å². The van der Waals surface area contributed by atoms with E-state index in [1.165, 1.54) is 6.92 Å². The average molecular weight is 187 g/mol. The molecule has 72 valence electrons. The number of amides is 2. The quantitative estimate of drug-likeness (QED) is 0.517. The van der Waals surface area contributed by atoms with Crippen LogP contribution in [0.25, 0.3) is 0 Å². The molecule has 0 bridgehead atoms. The van der Waals surface area contributed by atoms with Crippen LogP contribution in [0.1, 0.15) is 13.3 Å². The molecule has 0 aromatic rings. The van der Waals surface area contributed by atoms with Gasteiger partial charge in [-0.2, -0.15) is 0 Å². The van der Waals surface area contributed by atoms with Crippen molar-refractivity contribution in [3.63, 3.8) is 0 Å². The molecule has 2 N–H and O–H groups in total. The number of hydrogen-bond acceptors (Lipinski definition) is 4.